The summed E-state index contributed by atoms with van der Waals surface area (Å²) in [5, 5.41) is 19.5. The summed E-state index contributed by atoms with van der Waals surface area (Å²) in [6.07, 6.45) is 4.94. The molecular formula is C20H27N5O2. The van der Waals surface area contributed by atoms with Crippen molar-refractivity contribution in [3.8, 4) is 0 Å². The SMILES string of the molecule is CN(C)Cc1cn(CC(=O)N2C3CCC2CC(O)(c2ccccc2)C3)nn1. The lowest BCUT2D eigenvalue weighted by Crippen LogP contribution is -2.52. The van der Waals surface area contributed by atoms with Crippen molar-refractivity contribution in [3.63, 3.8) is 0 Å². The van der Waals surface area contributed by atoms with Crippen LogP contribution in [0.5, 0.6) is 0 Å². The number of hydrogen-bond donors (Lipinski definition) is 1. The summed E-state index contributed by atoms with van der Waals surface area (Å²) < 4.78 is 1.62. The van der Waals surface area contributed by atoms with Crippen LogP contribution in [0, 0.1) is 0 Å². The molecule has 2 aliphatic heterocycles. The van der Waals surface area contributed by atoms with Gasteiger partial charge in [0, 0.05) is 31.5 Å². The lowest BCUT2D eigenvalue weighted by molar-refractivity contribution is -0.142. The quantitative estimate of drug-likeness (QED) is 0.862. The fraction of sp³-hybridized carbons (Fsp3) is 0.550. The van der Waals surface area contributed by atoms with Gasteiger partial charge in [0.15, 0.2) is 0 Å². The van der Waals surface area contributed by atoms with E-state index in [1.807, 2.05) is 60.4 Å². The van der Waals surface area contributed by atoms with Gasteiger partial charge < -0.3 is 14.9 Å². The number of piperidine rings is 1. The molecule has 0 saturated carbocycles. The Kier molecular flexibility index (Phi) is 4.74. The van der Waals surface area contributed by atoms with E-state index in [0.717, 1.165) is 24.1 Å². The van der Waals surface area contributed by atoms with Crippen molar-refractivity contribution < 1.29 is 9.90 Å². The number of hydrogen-bond acceptors (Lipinski definition) is 5. The van der Waals surface area contributed by atoms with Crippen LogP contribution in [0.25, 0.3) is 0 Å². The Morgan fingerprint density at radius 3 is 2.52 bits per heavy atom. The number of amides is 1. The van der Waals surface area contributed by atoms with Gasteiger partial charge in [-0.25, -0.2) is 4.68 Å². The number of rotatable bonds is 5. The van der Waals surface area contributed by atoms with Gasteiger partial charge in [0.05, 0.1) is 17.5 Å². The lowest BCUT2D eigenvalue weighted by atomic mass is 9.80. The molecule has 2 fully saturated rings. The Balaban J connectivity index is 1.45. The Morgan fingerprint density at radius 2 is 1.89 bits per heavy atom. The largest absolute Gasteiger partial charge is 0.385 e. The predicted molar refractivity (Wildman–Crippen MR) is 101 cm³/mol. The van der Waals surface area contributed by atoms with Gasteiger partial charge >= 0.3 is 0 Å². The molecule has 7 heteroatoms. The molecule has 0 aliphatic carbocycles. The van der Waals surface area contributed by atoms with Gasteiger partial charge in [-0.3, -0.25) is 4.79 Å². The molecule has 4 rings (SSSR count). The Labute approximate surface area is 159 Å². The van der Waals surface area contributed by atoms with E-state index < -0.39 is 5.60 Å². The Morgan fingerprint density at radius 1 is 1.22 bits per heavy atom. The molecule has 3 heterocycles. The summed E-state index contributed by atoms with van der Waals surface area (Å²) in [5.74, 6) is 0.0684. The number of benzene rings is 1. The number of nitrogens with zero attached hydrogens (tertiary/aromatic N) is 5. The molecule has 1 aromatic heterocycles. The normalized spacial score (nSPS) is 27.3. The zero-order chi connectivity index (χ0) is 19.0. The molecule has 144 valence electrons. The van der Waals surface area contributed by atoms with E-state index in [9.17, 15) is 9.90 Å². The van der Waals surface area contributed by atoms with Crippen molar-refractivity contribution in [2.75, 3.05) is 14.1 Å². The van der Waals surface area contributed by atoms with E-state index in [0.29, 0.717) is 19.4 Å². The molecule has 1 aromatic carbocycles. The fourth-order valence-electron chi connectivity index (χ4n) is 4.65. The van der Waals surface area contributed by atoms with Crippen LogP contribution in [0.1, 0.15) is 36.9 Å². The van der Waals surface area contributed by atoms with Crippen molar-refractivity contribution in [2.24, 2.45) is 0 Å². The van der Waals surface area contributed by atoms with Crippen LogP contribution in [0.2, 0.25) is 0 Å². The molecule has 2 bridgehead atoms. The summed E-state index contributed by atoms with van der Waals surface area (Å²) in [4.78, 5) is 17.0. The van der Waals surface area contributed by atoms with E-state index in [4.69, 9.17) is 0 Å². The molecule has 1 N–H and O–H groups in total. The first-order chi connectivity index (χ1) is 12.9. The molecule has 0 radical (unpaired) electrons. The molecule has 27 heavy (non-hydrogen) atoms. The van der Waals surface area contributed by atoms with Crippen molar-refractivity contribution in [3.05, 3.63) is 47.8 Å². The van der Waals surface area contributed by atoms with E-state index >= 15 is 0 Å². The average molecular weight is 369 g/mol. The number of aromatic nitrogens is 3. The van der Waals surface area contributed by atoms with E-state index in [2.05, 4.69) is 10.3 Å². The predicted octanol–water partition coefficient (Wildman–Crippen LogP) is 1.38. The fourth-order valence-corrected chi connectivity index (χ4v) is 4.65. The van der Waals surface area contributed by atoms with E-state index in [1.165, 1.54) is 0 Å². The topological polar surface area (TPSA) is 74.5 Å². The first-order valence-corrected chi connectivity index (χ1v) is 9.57. The standard InChI is InChI=1S/C20H27N5O2/c1-23(2)12-16-13-24(22-21-16)14-19(26)25-17-8-9-18(25)11-20(27,10-17)15-6-4-3-5-7-15/h3-7,13,17-18,27H,8-12,14H2,1-2H3. The summed E-state index contributed by atoms with van der Waals surface area (Å²) in [6.45, 7) is 0.907. The van der Waals surface area contributed by atoms with Crippen LogP contribution in [-0.2, 0) is 23.5 Å². The molecule has 2 atom stereocenters. The van der Waals surface area contributed by atoms with Gasteiger partial charge in [-0.2, -0.15) is 0 Å². The number of fused-ring (bicyclic) bond motifs is 2. The zero-order valence-corrected chi connectivity index (χ0v) is 16.0. The zero-order valence-electron chi connectivity index (χ0n) is 16.0. The summed E-state index contributed by atoms with van der Waals surface area (Å²) in [5.41, 5.74) is 0.974. The maximum atomic E-state index is 13.0. The molecule has 7 nitrogen and oxygen atoms in total. The first-order valence-electron chi connectivity index (χ1n) is 9.57. The second-order valence-electron chi connectivity index (χ2n) is 8.14. The van der Waals surface area contributed by atoms with Crippen molar-refractivity contribution in [1.29, 1.82) is 0 Å². The third-order valence-electron chi connectivity index (χ3n) is 5.73. The summed E-state index contributed by atoms with van der Waals surface area (Å²) in [7, 11) is 3.95. The van der Waals surface area contributed by atoms with Crippen LogP contribution < -0.4 is 0 Å². The van der Waals surface area contributed by atoms with Crippen LogP contribution in [0.3, 0.4) is 0 Å². The second-order valence-corrected chi connectivity index (χ2v) is 8.14. The minimum atomic E-state index is -0.837. The monoisotopic (exact) mass is 369 g/mol. The molecule has 2 aliphatic rings. The molecule has 2 aromatic rings. The van der Waals surface area contributed by atoms with Gasteiger partial charge in [0.2, 0.25) is 5.91 Å². The third-order valence-corrected chi connectivity index (χ3v) is 5.73. The van der Waals surface area contributed by atoms with Crippen LogP contribution in [-0.4, -0.2) is 62.0 Å². The van der Waals surface area contributed by atoms with Gasteiger partial charge in [-0.05, 0) is 32.5 Å². The van der Waals surface area contributed by atoms with Crippen LogP contribution >= 0.6 is 0 Å². The van der Waals surface area contributed by atoms with E-state index in [-0.39, 0.29) is 24.5 Å². The van der Waals surface area contributed by atoms with Gasteiger partial charge in [-0.15, -0.1) is 5.10 Å². The Hall–Kier alpha value is -2.25. The van der Waals surface area contributed by atoms with Crippen LogP contribution in [0.15, 0.2) is 36.5 Å². The molecular weight excluding hydrogens is 342 g/mol. The molecule has 2 unspecified atom stereocenters. The number of carbonyl (C=O) groups excluding carboxylic acids is 1. The summed E-state index contributed by atoms with van der Waals surface area (Å²) >= 11 is 0. The first kappa shape index (κ1) is 18.1. The van der Waals surface area contributed by atoms with Crippen molar-refractivity contribution in [2.45, 2.75) is 56.5 Å². The van der Waals surface area contributed by atoms with Gasteiger partial charge in [-0.1, -0.05) is 35.5 Å². The highest BCUT2D eigenvalue weighted by Crippen LogP contribution is 2.45. The van der Waals surface area contributed by atoms with Crippen LogP contribution in [0.4, 0.5) is 0 Å². The van der Waals surface area contributed by atoms with E-state index in [1.54, 1.807) is 4.68 Å². The van der Waals surface area contributed by atoms with Gasteiger partial charge in [0.1, 0.15) is 6.54 Å². The average Bonchev–Trinajstić information content (AvgIpc) is 3.17. The number of aliphatic hydroxyl groups is 1. The number of carbonyl (C=O) groups is 1. The highest BCUT2D eigenvalue weighted by atomic mass is 16.3. The third kappa shape index (κ3) is 3.61. The maximum absolute atomic E-state index is 13.0. The van der Waals surface area contributed by atoms with Crippen molar-refractivity contribution in [1.82, 2.24) is 24.8 Å². The summed E-state index contributed by atoms with van der Waals surface area (Å²) in [6, 6.07) is 10.0. The Bertz CT molecular complexity index is 790. The lowest BCUT2D eigenvalue weighted by Gasteiger charge is -2.44. The van der Waals surface area contributed by atoms with Gasteiger partial charge in [0.25, 0.3) is 0 Å². The molecule has 1 amide bonds. The molecule has 0 spiro atoms. The minimum absolute atomic E-state index is 0.0684. The minimum Gasteiger partial charge on any atom is -0.385 e. The highest BCUT2D eigenvalue weighted by Gasteiger charge is 2.49. The van der Waals surface area contributed by atoms with Crippen molar-refractivity contribution >= 4 is 5.91 Å². The maximum Gasteiger partial charge on any atom is 0.244 e. The highest BCUT2D eigenvalue weighted by molar-refractivity contribution is 5.77. The second kappa shape index (κ2) is 7.05. The smallest absolute Gasteiger partial charge is 0.244 e. The molecule has 2 saturated heterocycles.